The number of rotatable bonds is 2. The molecule has 0 saturated carbocycles. The number of halogens is 1. The highest BCUT2D eigenvalue weighted by Gasteiger charge is 2.08. The molecule has 1 aromatic carbocycles. The van der Waals surface area contributed by atoms with Gasteiger partial charge in [-0.2, -0.15) is 0 Å². The van der Waals surface area contributed by atoms with E-state index in [4.69, 9.17) is 0 Å². The van der Waals surface area contributed by atoms with Gasteiger partial charge in [-0.15, -0.1) is 0 Å². The molecule has 1 N–H and O–H groups in total. The molecule has 0 fully saturated rings. The quantitative estimate of drug-likeness (QED) is 0.870. The zero-order valence-corrected chi connectivity index (χ0v) is 9.51. The van der Waals surface area contributed by atoms with Crippen molar-refractivity contribution < 1.29 is 0 Å². The van der Waals surface area contributed by atoms with Crippen molar-refractivity contribution in [1.82, 2.24) is 9.97 Å². The summed E-state index contributed by atoms with van der Waals surface area (Å²) in [5.41, 5.74) is 3.37. The molecule has 2 nitrogen and oxygen atoms in total. The standard InChI is InChI=1S/C11H11BrN2/c1-2-9-10(14-11(12)13-9)8-6-4-3-5-7-8/h3-7H,2H2,1H3,(H,13,14). The molecule has 0 spiro atoms. The van der Waals surface area contributed by atoms with E-state index in [0.717, 1.165) is 22.4 Å². The Balaban J connectivity index is 2.51. The molecule has 0 saturated heterocycles. The number of aryl methyl sites for hydroxylation is 1. The number of nitrogens with one attached hydrogen (secondary N) is 1. The van der Waals surface area contributed by atoms with E-state index in [1.807, 2.05) is 18.2 Å². The molecule has 0 atom stereocenters. The molecule has 1 aromatic heterocycles. The Labute approximate surface area is 91.5 Å². The van der Waals surface area contributed by atoms with Crippen molar-refractivity contribution in [2.75, 3.05) is 0 Å². The van der Waals surface area contributed by atoms with Crippen molar-refractivity contribution in [3.63, 3.8) is 0 Å². The average molecular weight is 251 g/mol. The first kappa shape index (κ1) is 9.46. The van der Waals surface area contributed by atoms with Gasteiger partial charge < -0.3 is 4.98 Å². The number of hydrogen-bond acceptors (Lipinski definition) is 1. The van der Waals surface area contributed by atoms with Crippen molar-refractivity contribution in [3.8, 4) is 11.3 Å². The number of nitrogens with zero attached hydrogens (tertiary/aromatic N) is 1. The molecule has 0 amide bonds. The fourth-order valence-corrected chi connectivity index (χ4v) is 1.88. The fourth-order valence-electron chi connectivity index (χ4n) is 1.47. The molecule has 0 radical (unpaired) electrons. The Morgan fingerprint density at radius 1 is 1.29 bits per heavy atom. The summed E-state index contributed by atoms with van der Waals surface area (Å²) in [5.74, 6) is 0. The van der Waals surface area contributed by atoms with E-state index < -0.39 is 0 Å². The van der Waals surface area contributed by atoms with Crippen LogP contribution in [0, 0.1) is 0 Å². The highest BCUT2D eigenvalue weighted by molar-refractivity contribution is 9.10. The van der Waals surface area contributed by atoms with Crippen LogP contribution in [0.2, 0.25) is 0 Å². The van der Waals surface area contributed by atoms with Gasteiger partial charge in [0.05, 0.1) is 5.69 Å². The van der Waals surface area contributed by atoms with Gasteiger partial charge in [-0.05, 0) is 22.4 Å². The molecular formula is C11H11BrN2. The van der Waals surface area contributed by atoms with Crippen LogP contribution >= 0.6 is 15.9 Å². The minimum atomic E-state index is 0.799. The molecule has 14 heavy (non-hydrogen) atoms. The van der Waals surface area contributed by atoms with E-state index in [9.17, 15) is 0 Å². The summed E-state index contributed by atoms with van der Waals surface area (Å²) >= 11 is 3.35. The zero-order valence-electron chi connectivity index (χ0n) is 7.92. The maximum absolute atomic E-state index is 4.41. The van der Waals surface area contributed by atoms with Gasteiger partial charge >= 0.3 is 0 Å². The lowest BCUT2D eigenvalue weighted by molar-refractivity contribution is 1.06. The largest absolute Gasteiger partial charge is 0.336 e. The van der Waals surface area contributed by atoms with Gasteiger partial charge in [0.15, 0.2) is 4.73 Å². The lowest BCUT2D eigenvalue weighted by Crippen LogP contribution is -1.84. The molecule has 2 rings (SSSR count). The smallest absolute Gasteiger partial charge is 0.175 e. The van der Waals surface area contributed by atoms with Gasteiger partial charge in [0.1, 0.15) is 0 Å². The molecule has 2 aromatic rings. The van der Waals surface area contributed by atoms with Gasteiger partial charge in [-0.25, -0.2) is 4.98 Å². The minimum Gasteiger partial charge on any atom is -0.336 e. The van der Waals surface area contributed by atoms with Crippen LogP contribution < -0.4 is 0 Å². The minimum absolute atomic E-state index is 0.799. The van der Waals surface area contributed by atoms with E-state index in [1.54, 1.807) is 0 Å². The van der Waals surface area contributed by atoms with Crippen LogP contribution in [0.1, 0.15) is 12.6 Å². The van der Waals surface area contributed by atoms with E-state index >= 15 is 0 Å². The predicted octanol–water partition coefficient (Wildman–Crippen LogP) is 3.40. The van der Waals surface area contributed by atoms with Crippen LogP contribution in [0.15, 0.2) is 35.1 Å². The molecule has 0 bridgehead atoms. The second kappa shape index (κ2) is 3.96. The van der Waals surface area contributed by atoms with Crippen molar-refractivity contribution in [2.24, 2.45) is 0 Å². The summed E-state index contributed by atoms with van der Waals surface area (Å²) in [4.78, 5) is 7.61. The topological polar surface area (TPSA) is 28.7 Å². The van der Waals surface area contributed by atoms with Crippen LogP contribution in [0.4, 0.5) is 0 Å². The maximum Gasteiger partial charge on any atom is 0.175 e. The highest BCUT2D eigenvalue weighted by atomic mass is 79.9. The summed E-state index contributed by atoms with van der Waals surface area (Å²) in [7, 11) is 0. The zero-order chi connectivity index (χ0) is 9.97. The number of imidazole rings is 1. The second-order valence-electron chi connectivity index (χ2n) is 3.07. The van der Waals surface area contributed by atoms with E-state index in [2.05, 4.69) is 45.0 Å². The van der Waals surface area contributed by atoms with Crippen molar-refractivity contribution in [2.45, 2.75) is 13.3 Å². The summed E-state index contributed by atoms with van der Waals surface area (Å²) in [6, 6.07) is 10.2. The Bertz CT molecular complexity index is 420. The van der Waals surface area contributed by atoms with E-state index in [-0.39, 0.29) is 0 Å². The predicted molar refractivity (Wildman–Crippen MR) is 61.1 cm³/mol. The first-order valence-electron chi connectivity index (χ1n) is 4.61. The lowest BCUT2D eigenvalue weighted by atomic mass is 10.1. The monoisotopic (exact) mass is 250 g/mol. The average Bonchev–Trinajstić information content (AvgIpc) is 2.61. The molecule has 0 aliphatic carbocycles. The molecular weight excluding hydrogens is 240 g/mol. The SMILES string of the molecule is CCc1[nH]c(Br)nc1-c1ccccc1. The molecule has 1 heterocycles. The number of benzene rings is 1. The van der Waals surface area contributed by atoms with Gasteiger partial charge in [-0.3, -0.25) is 0 Å². The molecule has 0 aliphatic heterocycles. The van der Waals surface area contributed by atoms with Gasteiger partial charge in [0.2, 0.25) is 0 Å². The van der Waals surface area contributed by atoms with Gasteiger partial charge in [0.25, 0.3) is 0 Å². The third-order valence-electron chi connectivity index (χ3n) is 2.15. The number of hydrogen-bond donors (Lipinski definition) is 1. The summed E-state index contributed by atoms with van der Waals surface area (Å²) in [5, 5.41) is 0. The second-order valence-corrected chi connectivity index (χ2v) is 3.83. The number of aromatic nitrogens is 2. The summed E-state index contributed by atoms with van der Waals surface area (Å²) in [6.07, 6.45) is 0.961. The van der Waals surface area contributed by atoms with Crippen LogP contribution in [-0.2, 0) is 6.42 Å². The lowest BCUT2D eigenvalue weighted by Gasteiger charge is -1.98. The van der Waals surface area contributed by atoms with Crippen molar-refractivity contribution >= 4 is 15.9 Å². The third kappa shape index (κ3) is 1.73. The Hall–Kier alpha value is -1.09. The first-order chi connectivity index (χ1) is 6.81. The molecule has 0 unspecified atom stereocenters. The highest BCUT2D eigenvalue weighted by Crippen LogP contribution is 2.23. The normalized spacial score (nSPS) is 10.4. The van der Waals surface area contributed by atoms with Gasteiger partial charge in [0, 0.05) is 11.3 Å². The van der Waals surface area contributed by atoms with Crippen molar-refractivity contribution in [3.05, 3.63) is 40.8 Å². The number of H-pyrrole nitrogens is 1. The van der Waals surface area contributed by atoms with E-state index in [0.29, 0.717) is 0 Å². The van der Waals surface area contributed by atoms with E-state index in [1.165, 1.54) is 5.69 Å². The van der Waals surface area contributed by atoms with Gasteiger partial charge in [-0.1, -0.05) is 37.3 Å². The first-order valence-corrected chi connectivity index (χ1v) is 5.40. The number of aromatic amines is 1. The molecule has 72 valence electrons. The third-order valence-corrected chi connectivity index (χ3v) is 2.53. The van der Waals surface area contributed by atoms with Crippen LogP contribution in [0.25, 0.3) is 11.3 Å². The Morgan fingerprint density at radius 2 is 2.00 bits per heavy atom. The van der Waals surface area contributed by atoms with Crippen molar-refractivity contribution in [1.29, 1.82) is 0 Å². The molecule has 3 heteroatoms. The van der Waals surface area contributed by atoms with Crippen LogP contribution in [-0.4, -0.2) is 9.97 Å². The van der Waals surface area contributed by atoms with Crippen LogP contribution in [0.3, 0.4) is 0 Å². The Kier molecular flexibility index (Phi) is 2.68. The summed E-state index contributed by atoms with van der Waals surface area (Å²) in [6.45, 7) is 2.12. The Morgan fingerprint density at radius 3 is 2.64 bits per heavy atom. The summed E-state index contributed by atoms with van der Waals surface area (Å²) < 4.78 is 0.799. The maximum atomic E-state index is 4.41. The molecule has 0 aliphatic rings. The van der Waals surface area contributed by atoms with Crippen LogP contribution in [0.5, 0.6) is 0 Å². The fraction of sp³-hybridized carbons (Fsp3) is 0.182.